The molecule has 0 spiro atoms. The average molecular weight is 313 g/mol. The molecule has 1 aromatic carbocycles. The predicted octanol–water partition coefficient (Wildman–Crippen LogP) is 3.75. The first kappa shape index (κ1) is 8.56. The molecule has 0 unspecified atom stereocenters. The topological polar surface area (TPSA) is 46.5 Å². The smallest absolute Gasteiger partial charge is 0.430 e. The van der Waals surface area contributed by atoms with E-state index in [1.165, 1.54) is 0 Å². The van der Waals surface area contributed by atoms with Gasteiger partial charge in [-0.2, -0.15) is 13.2 Å². The Morgan fingerprint density at radius 1 is 1.50 bits per heavy atom. The minimum absolute atomic E-state index is 0.496. The molecule has 0 amide bonds. The van der Waals surface area contributed by atoms with Crippen LogP contribution in [0.1, 0.15) is 24.9 Å². The number of alkyl halides is 3. The Hall–Kier alpha value is -1.69. The van der Waals surface area contributed by atoms with Gasteiger partial charge in [-0.05, 0) is 37.0 Å². The van der Waals surface area contributed by atoms with Gasteiger partial charge in [0.1, 0.15) is 5.75 Å². The molecule has 1 atom stereocenters. The predicted molar refractivity (Wildman–Crippen MR) is 67.0 cm³/mol. The number of aryl methyl sites for hydroxylation is 1. The Morgan fingerprint density at radius 3 is 2.70 bits per heavy atom. The zero-order valence-corrected chi connectivity index (χ0v) is 10.3. The van der Waals surface area contributed by atoms with Crippen molar-refractivity contribution in [2.24, 2.45) is 0 Å². The first-order chi connectivity index (χ1) is 11.5. The van der Waals surface area contributed by atoms with Crippen molar-refractivity contribution in [3.63, 3.8) is 0 Å². The minimum atomic E-state index is -5.12. The van der Waals surface area contributed by atoms with Crippen molar-refractivity contribution in [1.29, 1.82) is 0 Å². The molecule has 1 heterocycles. The van der Waals surface area contributed by atoms with Crippen LogP contribution in [0.4, 0.5) is 13.2 Å². The van der Waals surface area contributed by atoms with Gasteiger partial charge in [-0.1, -0.05) is 11.6 Å². The number of carbonyl (C=O) groups is 1. The van der Waals surface area contributed by atoms with E-state index in [1.54, 1.807) is 0 Å². The summed E-state index contributed by atoms with van der Waals surface area (Å²) < 4.78 is 88.7. The van der Waals surface area contributed by atoms with Gasteiger partial charge in [0.25, 0.3) is 0 Å². The molecule has 0 saturated carbocycles. The SMILES string of the molecule is [2H]C([2H])([2H])c1cc2c(c(C([2H])([2H])[2H])c1Cl)C=C(C(=O)O)[C@@H](C(F)(F)F)O2. The summed E-state index contributed by atoms with van der Waals surface area (Å²) in [6.07, 6.45) is -7.51. The molecular formula is C13H10ClF3O3. The monoisotopic (exact) mass is 312 g/mol. The number of aliphatic carboxylic acids is 1. The quantitative estimate of drug-likeness (QED) is 0.859. The van der Waals surface area contributed by atoms with Crippen LogP contribution in [0.15, 0.2) is 11.6 Å². The summed E-state index contributed by atoms with van der Waals surface area (Å²) in [5, 5.41) is 8.32. The maximum atomic E-state index is 13.1. The van der Waals surface area contributed by atoms with E-state index in [9.17, 15) is 18.0 Å². The van der Waals surface area contributed by atoms with E-state index in [0.29, 0.717) is 12.1 Å². The van der Waals surface area contributed by atoms with E-state index in [-0.39, 0.29) is 0 Å². The van der Waals surface area contributed by atoms with Crippen molar-refractivity contribution < 1.29 is 36.0 Å². The molecule has 7 heteroatoms. The van der Waals surface area contributed by atoms with Gasteiger partial charge in [-0.3, -0.25) is 0 Å². The number of rotatable bonds is 1. The molecule has 2 rings (SSSR count). The lowest BCUT2D eigenvalue weighted by Crippen LogP contribution is -2.40. The molecule has 0 saturated heterocycles. The van der Waals surface area contributed by atoms with Crippen LogP contribution in [0.25, 0.3) is 6.08 Å². The summed E-state index contributed by atoms with van der Waals surface area (Å²) in [4.78, 5) is 11.2. The van der Waals surface area contributed by atoms with Gasteiger partial charge in [-0.15, -0.1) is 0 Å². The van der Waals surface area contributed by atoms with Crippen LogP contribution in [0.5, 0.6) is 5.75 Å². The Balaban J connectivity index is 2.89. The molecule has 3 nitrogen and oxygen atoms in total. The molecule has 20 heavy (non-hydrogen) atoms. The fourth-order valence-electron chi connectivity index (χ4n) is 1.73. The Labute approximate surface area is 126 Å². The number of hydrogen-bond donors (Lipinski definition) is 1. The first-order valence-corrected chi connectivity index (χ1v) is 5.48. The van der Waals surface area contributed by atoms with Crippen LogP contribution in [0.3, 0.4) is 0 Å². The molecule has 0 radical (unpaired) electrons. The van der Waals surface area contributed by atoms with Gasteiger partial charge in [0.05, 0.1) is 5.57 Å². The minimum Gasteiger partial charge on any atom is -0.478 e. The Morgan fingerprint density at radius 2 is 2.20 bits per heavy atom. The summed E-state index contributed by atoms with van der Waals surface area (Å²) in [6, 6.07) is 0.674. The number of halogens is 4. The lowest BCUT2D eigenvalue weighted by Gasteiger charge is -2.28. The summed E-state index contributed by atoms with van der Waals surface area (Å²) in [5.74, 6) is -2.69. The van der Waals surface area contributed by atoms with Crippen molar-refractivity contribution >= 4 is 23.6 Å². The first-order valence-electron chi connectivity index (χ1n) is 8.11. The molecule has 0 aromatic heterocycles. The van der Waals surface area contributed by atoms with Gasteiger partial charge >= 0.3 is 12.1 Å². The molecule has 1 aliphatic heterocycles. The third-order valence-corrected chi connectivity index (χ3v) is 3.03. The summed E-state index contributed by atoms with van der Waals surface area (Å²) in [7, 11) is 0. The van der Waals surface area contributed by atoms with E-state index in [2.05, 4.69) is 4.74 Å². The van der Waals surface area contributed by atoms with Gasteiger partial charge < -0.3 is 9.84 Å². The zero-order chi connectivity index (χ0) is 20.2. The summed E-state index contributed by atoms with van der Waals surface area (Å²) in [5.41, 5.74) is -3.27. The maximum absolute atomic E-state index is 13.1. The van der Waals surface area contributed by atoms with Gasteiger partial charge in [0.2, 0.25) is 6.10 Å². The van der Waals surface area contributed by atoms with E-state index in [4.69, 9.17) is 24.9 Å². The number of carboxylic acid groups (broad SMARTS) is 1. The summed E-state index contributed by atoms with van der Waals surface area (Å²) >= 11 is 5.89. The Kier molecular flexibility index (Phi) is 2.01. The molecule has 0 aliphatic carbocycles. The Bertz CT molecular complexity index is 798. The zero-order valence-electron chi connectivity index (χ0n) is 15.5. The van der Waals surface area contributed by atoms with Crippen molar-refractivity contribution in [2.75, 3.05) is 0 Å². The molecule has 1 aromatic rings. The maximum Gasteiger partial charge on any atom is 0.430 e. The number of ether oxygens (including phenoxy) is 1. The van der Waals surface area contributed by atoms with E-state index < -0.39 is 65.0 Å². The van der Waals surface area contributed by atoms with Crippen molar-refractivity contribution in [3.8, 4) is 5.75 Å². The van der Waals surface area contributed by atoms with Gasteiger partial charge in [0, 0.05) is 18.8 Å². The molecule has 1 N–H and O–H groups in total. The van der Waals surface area contributed by atoms with Gasteiger partial charge in [-0.25, -0.2) is 4.79 Å². The number of fused-ring (bicyclic) bond motifs is 1. The van der Waals surface area contributed by atoms with Crippen LogP contribution in [0, 0.1) is 13.7 Å². The lowest BCUT2D eigenvalue weighted by molar-refractivity contribution is -0.187. The van der Waals surface area contributed by atoms with Crippen LogP contribution >= 0.6 is 11.6 Å². The van der Waals surface area contributed by atoms with Crippen molar-refractivity contribution in [1.82, 2.24) is 0 Å². The standard InChI is InChI=1S/C13H10ClF3O3/c1-5-3-9-7(6(2)10(5)14)4-8(12(18)19)11(20-9)13(15,16)17/h3-4,11H,1-2H3,(H,18,19)/t11-/m0/s1/i1D3,2D3. The van der Waals surface area contributed by atoms with E-state index >= 15 is 0 Å². The van der Waals surface area contributed by atoms with Crippen LogP contribution in [-0.2, 0) is 4.79 Å². The van der Waals surface area contributed by atoms with Gasteiger partial charge in [0.15, 0.2) is 0 Å². The van der Waals surface area contributed by atoms with E-state index in [0.717, 1.165) is 0 Å². The van der Waals surface area contributed by atoms with E-state index in [1.807, 2.05) is 0 Å². The molecule has 1 aliphatic rings. The highest BCUT2D eigenvalue weighted by Crippen LogP contribution is 2.41. The number of carboxylic acids is 1. The third-order valence-electron chi connectivity index (χ3n) is 2.64. The second-order valence-electron chi connectivity index (χ2n) is 3.97. The highest BCUT2D eigenvalue weighted by Gasteiger charge is 2.48. The molecular weight excluding hydrogens is 297 g/mol. The van der Waals surface area contributed by atoms with Crippen molar-refractivity contribution in [2.45, 2.75) is 26.0 Å². The largest absolute Gasteiger partial charge is 0.478 e. The highest BCUT2D eigenvalue weighted by molar-refractivity contribution is 6.32. The van der Waals surface area contributed by atoms with Crippen LogP contribution in [-0.4, -0.2) is 23.4 Å². The summed E-state index contributed by atoms with van der Waals surface area (Å²) in [6.45, 7) is -5.96. The highest BCUT2D eigenvalue weighted by atomic mass is 35.5. The van der Waals surface area contributed by atoms with Crippen LogP contribution < -0.4 is 4.74 Å². The lowest BCUT2D eigenvalue weighted by atomic mass is 9.96. The third kappa shape index (κ3) is 2.35. The fraction of sp³-hybridized carbons (Fsp3) is 0.308. The van der Waals surface area contributed by atoms with Crippen LogP contribution in [0.2, 0.25) is 5.02 Å². The molecule has 0 fully saturated rings. The normalized spacial score (nSPS) is 23.8. The number of benzene rings is 1. The average Bonchev–Trinajstić information content (AvgIpc) is 2.41. The van der Waals surface area contributed by atoms with Crippen molar-refractivity contribution in [3.05, 3.63) is 33.4 Å². The fourth-order valence-corrected chi connectivity index (χ4v) is 1.88. The number of hydrogen-bond acceptors (Lipinski definition) is 2. The molecule has 108 valence electrons. The molecule has 0 bridgehead atoms. The second-order valence-corrected chi connectivity index (χ2v) is 4.35. The second kappa shape index (κ2) is 4.70.